The maximum absolute atomic E-state index is 13.7. The predicted molar refractivity (Wildman–Crippen MR) is 133 cm³/mol. The molecule has 0 atom stereocenters. The van der Waals surface area contributed by atoms with Crippen LogP contribution in [0.2, 0.25) is 10.0 Å². The molecule has 1 N–H and O–H groups in total. The number of carbonyl (C=O) groups is 2. The Balaban J connectivity index is 1.44. The number of rotatable bonds is 6. The van der Waals surface area contributed by atoms with Gasteiger partial charge < -0.3 is 14.7 Å². The van der Waals surface area contributed by atoms with E-state index < -0.39 is 50.7 Å². The van der Waals surface area contributed by atoms with Gasteiger partial charge in [-0.1, -0.05) is 77.8 Å². The second-order valence-corrected chi connectivity index (χ2v) is 9.49. The molecule has 0 bridgehead atoms. The summed E-state index contributed by atoms with van der Waals surface area (Å²) >= 11 is 11.3. The average Bonchev–Trinajstić information content (AvgIpc) is 2.86. The van der Waals surface area contributed by atoms with Crippen molar-refractivity contribution in [2.24, 2.45) is 0 Å². The van der Waals surface area contributed by atoms with Gasteiger partial charge in [0.05, 0.1) is 28.7 Å². The molecule has 1 amide bonds. The number of hydrogen-bond acceptors (Lipinski definition) is 4. The minimum Gasteiger partial charge on any atom is -0.445 e. The molecule has 0 aliphatic carbocycles. The van der Waals surface area contributed by atoms with Crippen molar-refractivity contribution in [1.29, 1.82) is 0 Å². The lowest BCUT2D eigenvalue weighted by molar-refractivity contribution is -0.0949. The van der Waals surface area contributed by atoms with Crippen LogP contribution in [0, 0.1) is 5.82 Å². The number of likely N-dealkylation sites (tertiary alicyclic amines) is 1. The lowest BCUT2D eigenvalue weighted by Crippen LogP contribution is -2.61. The third-order valence-electron chi connectivity index (χ3n) is 5.95. The lowest BCUT2D eigenvalue weighted by Gasteiger charge is -2.45. The highest BCUT2D eigenvalue weighted by molar-refractivity contribution is 6.35. The molecule has 0 unspecified atom stereocenters. The molecule has 11 heteroatoms. The minimum atomic E-state index is -4.96. The second-order valence-electron chi connectivity index (χ2n) is 8.68. The smallest absolute Gasteiger partial charge is 0.417 e. The zero-order chi connectivity index (χ0) is 27.7. The number of hydrogen-bond donors (Lipinski definition) is 1. The maximum atomic E-state index is 13.7. The van der Waals surface area contributed by atoms with Crippen LogP contribution in [0.15, 0.2) is 72.8 Å². The van der Waals surface area contributed by atoms with Crippen molar-refractivity contribution < 1.29 is 37.0 Å². The summed E-state index contributed by atoms with van der Waals surface area (Å²) < 4.78 is 60.0. The standard InChI is InChI=1S/C27H19Cl2F4NO4/c28-21-10-18(11-22(29)24(21)30)20(27(31,32)33)12-23(35)17-6-8-19(9-7-17)26(37)14-34(15-26)25(36)38-13-16-4-2-1-3-5-16/h1-12,37H,13-15H2/b20-12-. The molecule has 38 heavy (non-hydrogen) atoms. The van der Waals surface area contributed by atoms with Gasteiger partial charge in [0, 0.05) is 5.56 Å². The van der Waals surface area contributed by atoms with Gasteiger partial charge in [-0.3, -0.25) is 4.79 Å². The zero-order valence-corrected chi connectivity index (χ0v) is 20.9. The van der Waals surface area contributed by atoms with E-state index in [0.717, 1.165) is 17.7 Å². The quantitative estimate of drug-likeness (QED) is 0.154. The zero-order valence-electron chi connectivity index (χ0n) is 19.4. The van der Waals surface area contributed by atoms with E-state index in [2.05, 4.69) is 0 Å². The van der Waals surface area contributed by atoms with Gasteiger partial charge in [-0.25, -0.2) is 9.18 Å². The third kappa shape index (κ3) is 6.01. The number of alkyl halides is 3. The summed E-state index contributed by atoms with van der Waals surface area (Å²) in [6.45, 7) is -0.0363. The number of ketones is 1. The van der Waals surface area contributed by atoms with Gasteiger partial charge in [0.2, 0.25) is 0 Å². The van der Waals surface area contributed by atoms with Crippen LogP contribution in [-0.4, -0.2) is 41.1 Å². The summed E-state index contributed by atoms with van der Waals surface area (Å²) in [6.07, 6.45) is -5.19. The Morgan fingerprint density at radius 2 is 1.55 bits per heavy atom. The molecule has 198 valence electrons. The van der Waals surface area contributed by atoms with Gasteiger partial charge in [0.1, 0.15) is 12.2 Å². The SMILES string of the molecule is O=C(/C=C(/c1cc(Cl)c(F)c(Cl)c1)C(F)(F)F)c1ccc(C2(O)CN(C(=O)OCc3ccccc3)C2)cc1. The highest BCUT2D eigenvalue weighted by atomic mass is 35.5. The fourth-order valence-electron chi connectivity index (χ4n) is 3.91. The van der Waals surface area contributed by atoms with Gasteiger partial charge >= 0.3 is 12.3 Å². The van der Waals surface area contributed by atoms with Crippen molar-refractivity contribution >= 4 is 40.7 Å². The molecule has 3 aromatic carbocycles. The van der Waals surface area contributed by atoms with Crippen LogP contribution in [-0.2, 0) is 16.9 Å². The monoisotopic (exact) mass is 567 g/mol. The minimum absolute atomic E-state index is 0.0574. The van der Waals surface area contributed by atoms with Crippen molar-refractivity contribution in [3.8, 4) is 0 Å². The van der Waals surface area contributed by atoms with Crippen molar-refractivity contribution in [3.05, 3.63) is 111 Å². The van der Waals surface area contributed by atoms with E-state index in [1.165, 1.54) is 29.2 Å². The molecule has 1 aliphatic heterocycles. The highest BCUT2D eigenvalue weighted by Gasteiger charge is 2.45. The topological polar surface area (TPSA) is 66.8 Å². The van der Waals surface area contributed by atoms with Crippen LogP contribution in [0.5, 0.6) is 0 Å². The summed E-state index contributed by atoms with van der Waals surface area (Å²) in [6, 6.07) is 15.9. The molecule has 1 heterocycles. The first-order valence-electron chi connectivity index (χ1n) is 11.1. The summed E-state index contributed by atoms with van der Waals surface area (Å²) in [5, 5.41) is 9.60. The molecule has 5 nitrogen and oxygen atoms in total. The summed E-state index contributed by atoms with van der Waals surface area (Å²) in [5.41, 5.74) is -2.22. The van der Waals surface area contributed by atoms with Crippen molar-refractivity contribution in [3.63, 3.8) is 0 Å². The van der Waals surface area contributed by atoms with Gasteiger partial charge in [0.15, 0.2) is 11.6 Å². The van der Waals surface area contributed by atoms with E-state index in [-0.39, 0.29) is 25.3 Å². The largest absolute Gasteiger partial charge is 0.445 e. The Morgan fingerprint density at radius 3 is 2.11 bits per heavy atom. The van der Waals surface area contributed by atoms with Crippen LogP contribution < -0.4 is 0 Å². The van der Waals surface area contributed by atoms with Crippen molar-refractivity contribution in [2.75, 3.05) is 13.1 Å². The summed E-state index contributed by atoms with van der Waals surface area (Å²) in [5.74, 6) is -2.05. The fourth-order valence-corrected chi connectivity index (χ4v) is 4.39. The normalized spacial score (nSPS) is 15.1. The van der Waals surface area contributed by atoms with Crippen LogP contribution in [0.1, 0.15) is 27.0 Å². The molecular formula is C27H19Cl2F4NO4. The molecule has 0 saturated carbocycles. The van der Waals surface area contributed by atoms with Crippen LogP contribution >= 0.6 is 23.2 Å². The van der Waals surface area contributed by atoms with E-state index in [9.17, 15) is 32.3 Å². The van der Waals surface area contributed by atoms with Crippen molar-refractivity contribution in [1.82, 2.24) is 4.90 Å². The van der Waals surface area contributed by atoms with Gasteiger partial charge in [-0.05, 0) is 34.9 Å². The van der Waals surface area contributed by atoms with Gasteiger partial charge in [0.25, 0.3) is 0 Å². The Labute approximate surface area is 224 Å². The van der Waals surface area contributed by atoms with Crippen LogP contribution in [0.25, 0.3) is 5.57 Å². The Hall–Kier alpha value is -3.40. The average molecular weight is 568 g/mol. The van der Waals surface area contributed by atoms with E-state index >= 15 is 0 Å². The lowest BCUT2D eigenvalue weighted by atomic mass is 9.86. The Kier molecular flexibility index (Phi) is 7.83. The van der Waals surface area contributed by atoms with Gasteiger partial charge in [-0.15, -0.1) is 0 Å². The summed E-state index contributed by atoms with van der Waals surface area (Å²) in [7, 11) is 0. The molecule has 1 saturated heterocycles. The molecule has 3 aromatic rings. The van der Waals surface area contributed by atoms with Crippen LogP contribution in [0.4, 0.5) is 22.4 Å². The van der Waals surface area contributed by atoms with Crippen LogP contribution in [0.3, 0.4) is 0 Å². The van der Waals surface area contributed by atoms with E-state index in [1.807, 2.05) is 18.2 Å². The van der Waals surface area contributed by atoms with E-state index in [4.69, 9.17) is 27.9 Å². The molecular weight excluding hydrogens is 549 g/mol. The number of allylic oxidation sites excluding steroid dienone is 2. The van der Waals surface area contributed by atoms with Gasteiger partial charge in [-0.2, -0.15) is 13.2 Å². The number of aliphatic hydroxyl groups is 1. The first kappa shape index (κ1) is 27.6. The highest BCUT2D eigenvalue weighted by Crippen LogP contribution is 2.38. The number of β-amino-alcohol motifs (C(OH)–C–C–N with tert-alkyl or cyclic N) is 1. The molecule has 0 aromatic heterocycles. The number of amides is 1. The molecule has 0 spiro atoms. The predicted octanol–water partition coefficient (Wildman–Crippen LogP) is 6.80. The molecule has 1 fully saturated rings. The number of benzene rings is 3. The number of halogens is 6. The second kappa shape index (κ2) is 10.8. The first-order chi connectivity index (χ1) is 17.9. The van der Waals surface area contributed by atoms with E-state index in [1.54, 1.807) is 12.1 Å². The fraction of sp³-hybridized carbons (Fsp3) is 0.185. The number of ether oxygens (including phenoxy) is 1. The van der Waals surface area contributed by atoms with Crippen molar-refractivity contribution in [2.45, 2.75) is 18.4 Å². The maximum Gasteiger partial charge on any atom is 0.417 e. The number of nitrogens with zero attached hydrogens (tertiary/aromatic N) is 1. The third-order valence-corrected chi connectivity index (χ3v) is 6.50. The summed E-state index contributed by atoms with van der Waals surface area (Å²) in [4.78, 5) is 26.2. The van der Waals surface area contributed by atoms with E-state index in [0.29, 0.717) is 11.6 Å². The molecule has 4 rings (SSSR count). The Bertz CT molecular complexity index is 1360. The Morgan fingerprint density at radius 1 is 0.974 bits per heavy atom. The first-order valence-corrected chi connectivity index (χ1v) is 11.9. The number of carbonyl (C=O) groups excluding carboxylic acids is 2. The molecule has 0 radical (unpaired) electrons. The molecule has 1 aliphatic rings.